The van der Waals surface area contributed by atoms with Crippen molar-refractivity contribution in [1.82, 2.24) is 14.8 Å². The van der Waals surface area contributed by atoms with E-state index in [1.807, 2.05) is 41.1 Å². The number of para-hydroxylation sites is 1. The van der Waals surface area contributed by atoms with Crippen molar-refractivity contribution in [3.8, 4) is 23.0 Å². The molecule has 2 aliphatic heterocycles. The van der Waals surface area contributed by atoms with Crippen LogP contribution in [0.5, 0.6) is 23.0 Å². The summed E-state index contributed by atoms with van der Waals surface area (Å²) in [6.45, 7) is 0. The Labute approximate surface area is 200 Å². The molecule has 2 aromatic carbocycles. The Morgan fingerprint density at radius 2 is 1.79 bits per heavy atom. The molecule has 0 saturated heterocycles. The summed E-state index contributed by atoms with van der Waals surface area (Å²) >= 11 is 1.66. The first-order chi connectivity index (χ1) is 16.7. The van der Waals surface area contributed by atoms with E-state index >= 15 is 0 Å². The van der Waals surface area contributed by atoms with Gasteiger partial charge in [0, 0.05) is 16.0 Å². The van der Waals surface area contributed by atoms with Crippen LogP contribution in [0.4, 0.5) is 5.95 Å². The first-order valence-electron chi connectivity index (χ1n) is 10.7. The van der Waals surface area contributed by atoms with Gasteiger partial charge >= 0.3 is 0 Å². The number of anilines is 1. The average Bonchev–Trinajstić information content (AvgIpc) is 3.58. The lowest BCUT2D eigenvalue weighted by Gasteiger charge is -2.38. The number of nitrogens with one attached hydrogen (secondary N) is 1. The fourth-order valence-electron chi connectivity index (χ4n) is 4.68. The molecule has 2 aliphatic rings. The fraction of sp³-hybridized carbons (Fsp3) is 0.200. The van der Waals surface area contributed by atoms with Gasteiger partial charge in [-0.1, -0.05) is 18.2 Å². The zero-order valence-corrected chi connectivity index (χ0v) is 19.6. The molecule has 0 fully saturated rings. The number of aromatic nitrogens is 3. The highest BCUT2D eigenvalue weighted by Crippen LogP contribution is 2.52. The Balaban J connectivity index is 1.64. The molecule has 0 radical (unpaired) electrons. The molecule has 9 heteroatoms. The number of nitrogens with zero attached hydrogens (tertiary/aromatic N) is 3. The molecule has 0 amide bonds. The lowest BCUT2D eigenvalue weighted by atomic mass is 9.86. The number of rotatable bonds is 5. The van der Waals surface area contributed by atoms with Crippen molar-refractivity contribution >= 4 is 23.0 Å². The van der Waals surface area contributed by atoms with Crippen LogP contribution in [0.3, 0.4) is 0 Å². The quantitative estimate of drug-likeness (QED) is 0.440. The SMILES string of the molecule is COc1cc([C@@H]2C3=C(Nc4ncnn42)c2ccccc2O[C@@H]3c2cccs2)cc(OC)c1OC. The summed E-state index contributed by atoms with van der Waals surface area (Å²) in [6, 6.07) is 15.8. The van der Waals surface area contributed by atoms with Crippen LogP contribution in [0.2, 0.25) is 0 Å². The van der Waals surface area contributed by atoms with Crippen LogP contribution in [-0.2, 0) is 0 Å². The van der Waals surface area contributed by atoms with Gasteiger partial charge in [-0.25, -0.2) is 4.68 Å². The van der Waals surface area contributed by atoms with Crippen molar-refractivity contribution in [2.75, 3.05) is 26.6 Å². The highest BCUT2D eigenvalue weighted by Gasteiger charge is 2.41. The molecule has 0 spiro atoms. The number of ether oxygens (including phenoxy) is 4. The molecule has 0 aliphatic carbocycles. The van der Waals surface area contributed by atoms with Crippen molar-refractivity contribution in [2.24, 2.45) is 0 Å². The smallest absolute Gasteiger partial charge is 0.226 e. The van der Waals surface area contributed by atoms with Gasteiger partial charge in [-0.05, 0) is 41.3 Å². The van der Waals surface area contributed by atoms with E-state index in [-0.39, 0.29) is 12.1 Å². The molecule has 8 nitrogen and oxygen atoms in total. The zero-order chi connectivity index (χ0) is 23.2. The summed E-state index contributed by atoms with van der Waals surface area (Å²) in [5, 5.41) is 10.1. The molecule has 1 N–H and O–H groups in total. The maximum absolute atomic E-state index is 6.61. The molecule has 172 valence electrons. The van der Waals surface area contributed by atoms with Gasteiger partial charge in [0.25, 0.3) is 0 Å². The third kappa shape index (κ3) is 3.04. The molecule has 0 unspecified atom stereocenters. The van der Waals surface area contributed by atoms with E-state index in [0.717, 1.165) is 33.0 Å². The van der Waals surface area contributed by atoms with Crippen molar-refractivity contribution in [2.45, 2.75) is 12.1 Å². The van der Waals surface area contributed by atoms with Gasteiger partial charge in [-0.15, -0.1) is 11.3 Å². The first kappa shape index (κ1) is 20.6. The van der Waals surface area contributed by atoms with Crippen LogP contribution >= 0.6 is 11.3 Å². The summed E-state index contributed by atoms with van der Waals surface area (Å²) < 4.78 is 25.4. The maximum Gasteiger partial charge on any atom is 0.226 e. The number of hydrogen-bond acceptors (Lipinski definition) is 8. The van der Waals surface area contributed by atoms with Gasteiger partial charge in [-0.3, -0.25) is 0 Å². The van der Waals surface area contributed by atoms with E-state index in [0.29, 0.717) is 23.2 Å². The fourth-order valence-corrected chi connectivity index (χ4v) is 5.45. The van der Waals surface area contributed by atoms with Crippen molar-refractivity contribution in [1.29, 1.82) is 0 Å². The number of thiophene rings is 1. The van der Waals surface area contributed by atoms with E-state index < -0.39 is 0 Å². The van der Waals surface area contributed by atoms with Crippen LogP contribution in [0.15, 0.2) is 65.8 Å². The minimum absolute atomic E-state index is 0.307. The number of fused-ring (bicyclic) bond motifs is 3. The largest absolute Gasteiger partial charge is 0.493 e. The maximum atomic E-state index is 6.61. The minimum atomic E-state index is -0.317. The number of benzene rings is 2. The van der Waals surface area contributed by atoms with E-state index in [1.54, 1.807) is 39.0 Å². The first-order valence-corrected chi connectivity index (χ1v) is 11.6. The van der Waals surface area contributed by atoms with Gasteiger partial charge in [-0.2, -0.15) is 10.1 Å². The lowest BCUT2D eigenvalue weighted by molar-refractivity contribution is 0.226. The molecule has 6 rings (SSSR count). The van der Waals surface area contributed by atoms with Crippen LogP contribution < -0.4 is 24.3 Å². The average molecular weight is 475 g/mol. The number of methoxy groups -OCH3 is 3. The molecule has 4 aromatic rings. The zero-order valence-electron chi connectivity index (χ0n) is 18.8. The molecular weight excluding hydrogens is 452 g/mol. The topological polar surface area (TPSA) is 79.7 Å². The highest BCUT2D eigenvalue weighted by molar-refractivity contribution is 7.10. The molecule has 0 bridgehead atoms. The monoisotopic (exact) mass is 474 g/mol. The number of hydrogen-bond donors (Lipinski definition) is 1. The normalized spacial score (nSPS) is 18.2. The predicted molar refractivity (Wildman–Crippen MR) is 129 cm³/mol. The highest BCUT2D eigenvalue weighted by atomic mass is 32.1. The third-order valence-corrected chi connectivity index (χ3v) is 7.04. The summed E-state index contributed by atoms with van der Waals surface area (Å²) in [7, 11) is 4.83. The third-order valence-electron chi connectivity index (χ3n) is 6.13. The Kier molecular flexibility index (Phi) is 4.91. The second-order valence-corrected chi connectivity index (χ2v) is 8.83. The van der Waals surface area contributed by atoms with Crippen LogP contribution in [0, 0.1) is 0 Å². The molecule has 34 heavy (non-hydrogen) atoms. The standard InChI is InChI=1S/C25H22N4O4S/c1-30-17-11-14(12-18(31-2)23(17)32-3)22-20-21(28-25-26-13-27-29(22)25)15-7-4-5-8-16(15)33-24(20)19-9-6-10-34-19/h4-13,22,24H,1-3H3,(H,26,27,28)/t22-,24-/m1/s1. The van der Waals surface area contributed by atoms with E-state index in [9.17, 15) is 0 Å². The molecule has 2 atom stereocenters. The van der Waals surface area contributed by atoms with Gasteiger partial charge < -0.3 is 24.3 Å². The lowest BCUT2D eigenvalue weighted by Crippen LogP contribution is -2.32. The van der Waals surface area contributed by atoms with Crippen molar-refractivity contribution in [3.05, 3.63) is 81.8 Å². The van der Waals surface area contributed by atoms with Crippen LogP contribution in [0.25, 0.3) is 5.70 Å². The van der Waals surface area contributed by atoms with E-state index in [4.69, 9.17) is 18.9 Å². The second-order valence-electron chi connectivity index (χ2n) is 7.85. The van der Waals surface area contributed by atoms with Crippen LogP contribution in [0.1, 0.15) is 28.1 Å². The van der Waals surface area contributed by atoms with Crippen molar-refractivity contribution < 1.29 is 18.9 Å². The van der Waals surface area contributed by atoms with E-state index in [2.05, 4.69) is 32.9 Å². The summed E-state index contributed by atoms with van der Waals surface area (Å²) in [6.07, 6.45) is 1.25. The molecular formula is C25H22N4O4S. The summed E-state index contributed by atoms with van der Waals surface area (Å²) in [5.74, 6) is 3.16. The molecule has 0 saturated carbocycles. The minimum Gasteiger partial charge on any atom is -0.493 e. The second kappa shape index (κ2) is 8.11. The Bertz CT molecular complexity index is 1370. The summed E-state index contributed by atoms with van der Waals surface area (Å²) in [5.41, 5.74) is 3.91. The van der Waals surface area contributed by atoms with Gasteiger partial charge in [0.1, 0.15) is 18.1 Å². The molecule has 4 heterocycles. The molecule has 2 aromatic heterocycles. The van der Waals surface area contributed by atoms with Crippen molar-refractivity contribution in [3.63, 3.8) is 0 Å². The Morgan fingerprint density at radius 3 is 2.50 bits per heavy atom. The Morgan fingerprint density at radius 1 is 1.00 bits per heavy atom. The Hall–Kier alpha value is -3.98. The van der Waals surface area contributed by atoms with E-state index in [1.165, 1.54) is 0 Å². The summed E-state index contributed by atoms with van der Waals surface area (Å²) in [4.78, 5) is 5.59. The van der Waals surface area contributed by atoms with Gasteiger partial charge in [0.2, 0.25) is 11.7 Å². The van der Waals surface area contributed by atoms with Gasteiger partial charge in [0.05, 0.1) is 27.0 Å². The predicted octanol–water partition coefficient (Wildman–Crippen LogP) is 4.93. The van der Waals surface area contributed by atoms with Crippen LogP contribution in [-0.4, -0.2) is 36.1 Å². The van der Waals surface area contributed by atoms with Gasteiger partial charge in [0.15, 0.2) is 17.6 Å².